The van der Waals surface area contributed by atoms with Crippen LogP contribution < -0.4 is 0 Å². The molecule has 1 unspecified atom stereocenters. The summed E-state index contributed by atoms with van der Waals surface area (Å²) in [6.45, 7) is 0.387. The van der Waals surface area contributed by atoms with Crippen molar-refractivity contribution in [3.8, 4) is 0 Å². The molecule has 1 atom stereocenters. The summed E-state index contributed by atoms with van der Waals surface area (Å²) in [5, 5.41) is 13.5. The maximum absolute atomic E-state index is 12.6. The number of carboxylic acid groups (broad SMARTS) is 1. The Morgan fingerprint density at radius 3 is 2.71 bits per heavy atom. The third-order valence-corrected chi connectivity index (χ3v) is 3.82. The van der Waals surface area contributed by atoms with Gasteiger partial charge in [-0.15, -0.1) is 0 Å². The number of carbonyl (C=O) groups is 2. The molecule has 0 aliphatic carbocycles. The maximum Gasteiger partial charge on any atom is 0.331 e. The van der Waals surface area contributed by atoms with Crippen LogP contribution in [0.15, 0.2) is 36.5 Å². The van der Waals surface area contributed by atoms with Crippen molar-refractivity contribution < 1.29 is 14.7 Å². The van der Waals surface area contributed by atoms with Gasteiger partial charge >= 0.3 is 5.97 Å². The Balaban J connectivity index is 2.02. The molecule has 1 N–H and O–H groups in total. The van der Waals surface area contributed by atoms with Crippen molar-refractivity contribution in [2.24, 2.45) is 7.05 Å². The second-order valence-corrected chi connectivity index (χ2v) is 5.03. The molecule has 2 aromatic rings. The highest BCUT2D eigenvalue weighted by Crippen LogP contribution is 2.30. The number of hydrogen-bond donors (Lipinski definition) is 1. The molecule has 1 amide bonds. The molecule has 2 heterocycles. The third kappa shape index (κ3) is 2.18. The Morgan fingerprint density at radius 1 is 1.29 bits per heavy atom. The van der Waals surface area contributed by atoms with Crippen LogP contribution in [-0.2, 0) is 18.3 Å². The summed E-state index contributed by atoms with van der Waals surface area (Å²) in [5.41, 5.74) is 2.06. The number of nitrogens with zero attached hydrogens (tertiary/aromatic N) is 3. The lowest BCUT2D eigenvalue weighted by atomic mass is 9.92. The van der Waals surface area contributed by atoms with Crippen LogP contribution in [0.5, 0.6) is 0 Å². The van der Waals surface area contributed by atoms with E-state index in [4.69, 9.17) is 0 Å². The van der Waals surface area contributed by atoms with Crippen LogP contribution in [0.2, 0.25) is 0 Å². The molecule has 0 fully saturated rings. The lowest BCUT2D eigenvalue weighted by Gasteiger charge is -2.34. The van der Waals surface area contributed by atoms with Gasteiger partial charge in [-0.3, -0.25) is 9.48 Å². The van der Waals surface area contributed by atoms with E-state index in [0.717, 1.165) is 5.56 Å². The molecule has 21 heavy (non-hydrogen) atoms. The molecule has 0 radical (unpaired) electrons. The minimum absolute atomic E-state index is 0.308. The number of hydrogen-bond acceptors (Lipinski definition) is 3. The van der Waals surface area contributed by atoms with Gasteiger partial charge in [-0.25, -0.2) is 4.79 Å². The Kier molecular flexibility index (Phi) is 3.21. The van der Waals surface area contributed by atoms with Crippen molar-refractivity contribution in [3.05, 3.63) is 53.3 Å². The van der Waals surface area contributed by atoms with E-state index < -0.39 is 12.0 Å². The highest BCUT2D eigenvalue weighted by Gasteiger charge is 2.36. The van der Waals surface area contributed by atoms with Crippen LogP contribution in [0, 0.1) is 0 Å². The minimum atomic E-state index is -1.02. The molecule has 6 nitrogen and oxygen atoms in total. The fraction of sp³-hybridized carbons (Fsp3) is 0.267. The van der Waals surface area contributed by atoms with E-state index in [1.54, 1.807) is 25.2 Å². The normalized spacial score (nSPS) is 17.4. The zero-order valence-electron chi connectivity index (χ0n) is 11.6. The first kappa shape index (κ1) is 13.4. The number of aryl methyl sites for hydroxylation is 1. The second-order valence-electron chi connectivity index (χ2n) is 5.03. The molecule has 1 aliphatic rings. The Morgan fingerprint density at radius 2 is 2.05 bits per heavy atom. The standard InChI is InChI=1S/C15H15N3O3/c1-17-12(6-8-16-17)14(19)18-9-7-10-4-2-3-5-11(10)13(18)15(20)21/h2-6,8,13H,7,9H2,1H3,(H,20,21). The van der Waals surface area contributed by atoms with Crippen molar-refractivity contribution in [1.82, 2.24) is 14.7 Å². The Hall–Kier alpha value is -2.63. The van der Waals surface area contributed by atoms with Gasteiger partial charge in [-0.1, -0.05) is 24.3 Å². The van der Waals surface area contributed by atoms with E-state index in [0.29, 0.717) is 24.2 Å². The number of aromatic nitrogens is 2. The van der Waals surface area contributed by atoms with E-state index in [1.807, 2.05) is 12.1 Å². The molecular weight excluding hydrogens is 270 g/mol. The molecular formula is C15H15N3O3. The number of amides is 1. The topological polar surface area (TPSA) is 75.4 Å². The van der Waals surface area contributed by atoms with Gasteiger partial charge in [0, 0.05) is 19.8 Å². The largest absolute Gasteiger partial charge is 0.479 e. The van der Waals surface area contributed by atoms with E-state index in [2.05, 4.69) is 5.10 Å². The molecule has 1 aromatic heterocycles. The molecule has 0 spiro atoms. The summed E-state index contributed by atoms with van der Waals surface area (Å²) in [5.74, 6) is -1.32. The number of aliphatic carboxylic acids is 1. The molecule has 1 aromatic carbocycles. The summed E-state index contributed by atoms with van der Waals surface area (Å²) in [7, 11) is 1.67. The van der Waals surface area contributed by atoms with Crippen molar-refractivity contribution in [3.63, 3.8) is 0 Å². The van der Waals surface area contributed by atoms with Gasteiger partial charge in [0.2, 0.25) is 0 Å². The number of fused-ring (bicyclic) bond motifs is 1. The molecule has 0 bridgehead atoms. The van der Waals surface area contributed by atoms with Gasteiger partial charge in [-0.2, -0.15) is 5.10 Å². The van der Waals surface area contributed by atoms with E-state index >= 15 is 0 Å². The van der Waals surface area contributed by atoms with Gasteiger partial charge in [0.15, 0.2) is 6.04 Å². The minimum Gasteiger partial charge on any atom is -0.479 e. The molecule has 1 aliphatic heterocycles. The average Bonchev–Trinajstić information content (AvgIpc) is 2.91. The van der Waals surface area contributed by atoms with Crippen molar-refractivity contribution in [2.75, 3.05) is 6.54 Å². The predicted molar refractivity (Wildman–Crippen MR) is 74.8 cm³/mol. The molecule has 6 heteroatoms. The quantitative estimate of drug-likeness (QED) is 0.901. The highest BCUT2D eigenvalue weighted by atomic mass is 16.4. The van der Waals surface area contributed by atoms with Crippen molar-refractivity contribution in [2.45, 2.75) is 12.5 Å². The second kappa shape index (κ2) is 5.05. The lowest BCUT2D eigenvalue weighted by Crippen LogP contribution is -2.44. The SMILES string of the molecule is Cn1nccc1C(=O)N1CCc2ccccc2C1C(=O)O. The van der Waals surface area contributed by atoms with Gasteiger partial charge < -0.3 is 10.0 Å². The Bertz CT molecular complexity index is 708. The number of rotatable bonds is 2. The van der Waals surface area contributed by atoms with Crippen LogP contribution >= 0.6 is 0 Å². The molecule has 0 saturated heterocycles. The first-order chi connectivity index (χ1) is 10.1. The van der Waals surface area contributed by atoms with Gasteiger partial charge in [-0.05, 0) is 23.6 Å². The number of carbonyl (C=O) groups excluding carboxylic acids is 1. The van der Waals surface area contributed by atoms with E-state index in [-0.39, 0.29) is 5.91 Å². The molecule has 0 saturated carbocycles. The van der Waals surface area contributed by atoms with Gasteiger partial charge in [0.1, 0.15) is 5.69 Å². The summed E-state index contributed by atoms with van der Waals surface area (Å²) in [6, 6.07) is 8.02. The Labute approximate surface area is 121 Å². The lowest BCUT2D eigenvalue weighted by molar-refractivity contribution is -0.143. The molecule has 108 valence electrons. The third-order valence-electron chi connectivity index (χ3n) is 3.82. The zero-order valence-corrected chi connectivity index (χ0v) is 11.6. The first-order valence-corrected chi connectivity index (χ1v) is 6.69. The summed E-state index contributed by atoms with van der Waals surface area (Å²) >= 11 is 0. The van der Waals surface area contributed by atoms with Gasteiger partial charge in [0.25, 0.3) is 5.91 Å². The zero-order chi connectivity index (χ0) is 15.0. The first-order valence-electron chi connectivity index (χ1n) is 6.69. The number of benzene rings is 1. The van der Waals surface area contributed by atoms with Crippen molar-refractivity contribution in [1.29, 1.82) is 0 Å². The van der Waals surface area contributed by atoms with Crippen LogP contribution in [0.4, 0.5) is 0 Å². The van der Waals surface area contributed by atoms with Crippen LogP contribution in [0.1, 0.15) is 27.7 Å². The maximum atomic E-state index is 12.6. The van der Waals surface area contributed by atoms with Gasteiger partial charge in [0.05, 0.1) is 0 Å². The summed E-state index contributed by atoms with van der Waals surface area (Å²) in [4.78, 5) is 25.7. The summed E-state index contributed by atoms with van der Waals surface area (Å²) in [6.07, 6.45) is 2.18. The van der Waals surface area contributed by atoms with Crippen LogP contribution in [-0.4, -0.2) is 38.2 Å². The summed E-state index contributed by atoms with van der Waals surface area (Å²) < 4.78 is 1.46. The van der Waals surface area contributed by atoms with Crippen LogP contribution in [0.3, 0.4) is 0 Å². The average molecular weight is 285 g/mol. The monoisotopic (exact) mass is 285 g/mol. The molecule has 3 rings (SSSR count). The highest BCUT2D eigenvalue weighted by molar-refractivity contribution is 5.95. The van der Waals surface area contributed by atoms with Crippen molar-refractivity contribution >= 4 is 11.9 Å². The van der Waals surface area contributed by atoms with Crippen LogP contribution in [0.25, 0.3) is 0 Å². The van der Waals surface area contributed by atoms with E-state index in [1.165, 1.54) is 15.8 Å². The van der Waals surface area contributed by atoms with E-state index in [9.17, 15) is 14.7 Å². The number of carboxylic acids is 1. The smallest absolute Gasteiger partial charge is 0.331 e. The predicted octanol–water partition coefficient (Wildman–Crippen LogP) is 1.24. The fourth-order valence-electron chi connectivity index (χ4n) is 2.78. The fourth-order valence-corrected chi connectivity index (χ4v) is 2.78.